The second kappa shape index (κ2) is 6.54. The van der Waals surface area contributed by atoms with Gasteiger partial charge in [-0.3, -0.25) is 9.89 Å². The molecule has 0 atom stereocenters. The van der Waals surface area contributed by atoms with E-state index in [2.05, 4.69) is 10.2 Å². The monoisotopic (exact) mass is 371 g/mol. The summed E-state index contributed by atoms with van der Waals surface area (Å²) >= 11 is 0. The number of rotatable bonds is 3. The molecule has 0 saturated heterocycles. The molecule has 0 saturated carbocycles. The Bertz CT molecular complexity index is 971. The molecule has 1 aromatic heterocycles. The van der Waals surface area contributed by atoms with Crippen LogP contribution < -0.4 is 5.32 Å². The first-order chi connectivity index (χ1) is 12.3. The summed E-state index contributed by atoms with van der Waals surface area (Å²) in [4.78, 5) is 12.0. The number of halogens is 6. The van der Waals surface area contributed by atoms with E-state index < -0.39 is 46.5 Å². The van der Waals surface area contributed by atoms with Crippen molar-refractivity contribution in [2.24, 2.45) is 0 Å². The van der Waals surface area contributed by atoms with Gasteiger partial charge in [-0.05, 0) is 30.3 Å². The summed E-state index contributed by atoms with van der Waals surface area (Å²) < 4.78 is 79.4. The summed E-state index contributed by atoms with van der Waals surface area (Å²) in [5.41, 5.74) is -1.16. The van der Waals surface area contributed by atoms with Gasteiger partial charge >= 0.3 is 0 Å². The number of amides is 1. The highest BCUT2D eigenvalue weighted by Gasteiger charge is 2.27. The summed E-state index contributed by atoms with van der Waals surface area (Å²) in [5.74, 6) is -12.7. The number of H-pyrrole nitrogens is 1. The van der Waals surface area contributed by atoms with Crippen LogP contribution in [0.25, 0.3) is 11.3 Å². The van der Waals surface area contributed by atoms with Crippen molar-refractivity contribution in [3.8, 4) is 11.3 Å². The van der Waals surface area contributed by atoms with Gasteiger partial charge in [0.1, 0.15) is 17.2 Å². The third kappa shape index (κ3) is 3.01. The normalized spacial score (nSPS) is 10.8. The number of aromatic nitrogens is 2. The van der Waals surface area contributed by atoms with Gasteiger partial charge in [-0.1, -0.05) is 0 Å². The minimum absolute atomic E-state index is 0.201. The maximum Gasteiger partial charge on any atom is 0.273 e. The Balaban J connectivity index is 1.89. The van der Waals surface area contributed by atoms with Gasteiger partial charge in [-0.2, -0.15) is 5.10 Å². The van der Waals surface area contributed by atoms with E-state index >= 15 is 0 Å². The number of benzene rings is 2. The van der Waals surface area contributed by atoms with Crippen molar-refractivity contribution in [1.29, 1.82) is 0 Å². The minimum Gasteiger partial charge on any atom is -0.316 e. The third-order valence-electron chi connectivity index (χ3n) is 3.41. The molecular formula is C16H7F6N3O. The summed E-state index contributed by atoms with van der Waals surface area (Å²) in [7, 11) is 0. The van der Waals surface area contributed by atoms with Gasteiger partial charge in [0.15, 0.2) is 23.3 Å². The van der Waals surface area contributed by atoms with Crippen LogP contribution in [0.2, 0.25) is 0 Å². The molecule has 26 heavy (non-hydrogen) atoms. The Labute approximate surface area is 141 Å². The Morgan fingerprint density at radius 3 is 1.96 bits per heavy atom. The molecule has 134 valence electrons. The van der Waals surface area contributed by atoms with E-state index in [0.717, 1.165) is 18.2 Å². The van der Waals surface area contributed by atoms with Crippen molar-refractivity contribution < 1.29 is 31.1 Å². The Kier molecular flexibility index (Phi) is 4.41. The molecular weight excluding hydrogens is 364 g/mol. The van der Waals surface area contributed by atoms with Gasteiger partial charge in [0.25, 0.3) is 5.91 Å². The van der Waals surface area contributed by atoms with Crippen LogP contribution in [0.5, 0.6) is 0 Å². The molecule has 0 aliphatic heterocycles. The van der Waals surface area contributed by atoms with Crippen molar-refractivity contribution in [1.82, 2.24) is 10.2 Å². The maximum atomic E-state index is 13.6. The zero-order valence-corrected chi connectivity index (χ0v) is 12.5. The molecule has 4 nitrogen and oxygen atoms in total. The molecule has 1 heterocycles. The fraction of sp³-hybridized carbons (Fsp3) is 0. The SMILES string of the molecule is O=C(Nc1c(F)c(F)c(F)c(F)c1F)c1cc(-c2ccc(F)cc2)n[nH]1. The molecule has 0 spiro atoms. The van der Waals surface area contributed by atoms with E-state index in [4.69, 9.17) is 0 Å². The molecule has 0 radical (unpaired) electrons. The Morgan fingerprint density at radius 1 is 0.846 bits per heavy atom. The Morgan fingerprint density at radius 2 is 1.38 bits per heavy atom. The van der Waals surface area contributed by atoms with Crippen molar-refractivity contribution in [3.63, 3.8) is 0 Å². The number of anilines is 1. The molecule has 0 aliphatic rings. The highest BCUT2D eigenvalue weighted by Crippen LogP contribution is 2.27. The number of aromatic amines is 1. The van der Waals surface area contributed by atoms with Crippen LogP contribution in [-0.4, -0.2) is 16.1 Å². The number of hydrogen-bond acceptors (Lipinski definition) is 2. The molecule has 0 fully saturated rings. The second-order valence-corrected chi connectivity index (χ2v) is 5.07. The van der Waals surface area contributed by atoms with Crippen LogP contribution in [0.15, 0.2) is 30.3 Å². The number of carbonyl (C=O) groups is 1. The number of nitrogens with zero attached hydrogens (tertiary/aromatic N) is 1. The quantitative estimate of drug-likeness (QED) is 0.413. The average Bonchev–Trinajstić information content (AvgIpc) is 3.12. The van der Waals surface area contributed by atoms with Crippen molar-refractivity contribution in [2.75, 3.05) is 5.32 Å². The number of nitrogens with one attached hydrogen (secondary N) is 2. The maximum absolute atomic E-state index is 13.6. The lowest BCUT2D eigenvalue weighted by Gasteiger charge is -2.08. The second-order valence-electron chi connectivity index (χ2n) is 5.07. The van der Waals surface area contributed by atoms with Crippen molar-refractivity contribution >= 4 is 11.6 Å². The molecule has 10 heteroatoms. The van der Waals surface area contributed by atoms with Crippen LogP contribution in [0.3, 0.4) is 0 Å². The standard InChI is InChI=1S/C16H7F6N3O/c17-7-3-1-6(2-4-7)8-5-9(25-24-8)16(26)23-15-13(21)11(19)10(18)12(20)14(15)22/h1-5H,(H,23,26)(H,24,25). The highest BCUT2D eigenvalue weighted by molar-refractivity contribution is 6.03. The van der Waals surface area contributed by atoms with Gasteiger partial charge in [0, 0.05) is 5.56 Å². The van der Waals surface area contributed by atoms with E-state index in [-0.39, 0.29) is 11.4 Å². The largest absolute Gasteiger partial charge is 0.316 e. The smallest absolute Gasteiger partial charge is 0.273 e. The summed E-state index contributed by atoms with van der Waals surface area (Å²) in [6, 6.07) is 6.21. The molecule has 0 bridgehead atoms. The molecule has 2 N–H and O–H groups in total. The zero-order chi connectivity index (χ0) is 19.0. The lowest BCUT2D eigenvalue weighted by atomic mass is 10.1. The fourth-order valence-corrected chi connectivity index (χ4v) is 2.10. The van der Waals surface area contributed by atoms with Crippen LogP contribution >= 0.6 is 0 Å². The van der Waals surface area contributed by atoms with E-state index in [1.165, 1.54) is 12.1 Å². The van der Waals surface area contributed by atoms with E-state index in [1.807, 2.05) is 0 Å². The predicted molar refractivity (Wildman–Crippen MR) is 78.2 cm³/mol. The first-order valence-corrected chi connectivity index (χ1v) is 6.93. The molecule has 0 aliphatic carbocycles. The lowest BCUT2D eigenvalue weighted by Crippen LogP contribution is -2.17. The van der Waals surface area contributed by atoms with Crippen LogP contribution in [-0.2, 0) is 0 Å². The first kappa shape index (κ1) is 17.5. The topological polar surface area (TPSA) is 57.8 Å². The number of carbonyl (C=O) groups excluding carboxylic acids is 1. The van der Waals surface area contributed by atoms with Gasteiger partial charge in [-0.15, -0.1) is 0 Å². The van der Waals surface area contributed by atoms with Crippen LogP contribution in [0.4, 0.5) is 32.0 Å². The molecule has 1 amide bonds. The van der Waals surface area contributed by atoms with Crippen molar-refractivity contribution in [3.05, 3.63) is 70.9 Å². The van der Waals surface area contributed by atoms with E-state index in [9.17, 15) is 31.1 Å². The van der Waals surface area contributed by atoms with Gasteiger partial charge in [0.05, 0.1) is 5.69 Å². The molecule has 2 aromatic carbocycles. The molecule has 3 aromatic rings. The first-order valence-electron chi connectivity index (χ1n) is 6.93. The summed E-state index contributed by atoms with van der Waals surface area (Å²) in [6.45, 7) is 0. The van der Waals surface area contributed by atoms with Crippen LogP contribution in [0, 0.1) is 34.9 Å². The van der Waals surface area contributed by atoms with Gasteiger partial charge in [-0.25, -0.2) is 26.3 Å². The zero-order valence-electron chi connectivity index (χ0n) is 12.5. The molecule has 0 unspecified atom stereocenters. The van der Waals surface area contributed by atoms with E-state index in [1.54, 1.807) is 5.32 Å². The minimum atomic E-state index is -2.34. The summed E-state index contributed by atoms with van der Waals surface area (Å²) in [5, 5.41) is 7.64. The van der Waals surface area contributed by atoms with Crippen LogP contribution in [0.1, 0.15) is 10.5 Å². The average molecular weight is 371 g/mol. The predicted octanol–water partition coefficient (Wildman–Crippen LogP) is 4.16. The van der Waals surface area contributed by atoms with Gasteiger partial charge in [0.2, 0.25) is 5.82 Å². The third-order valence-corrected chi connectivity index (χ3v) is 3.41. The number of hydrogen-bond donors (Lipinski definition) is 2. The highest BCUT2D eigenvalue weighted by atomic mass is 19.2. The Hall–Kier alpha value is -3.30. The van der Waals surface area contributed by atoms with E-state index in [0.29, 0.717) is 5.56 Å². The van der Waals surface area contributed by atoms with Gasteiger partial charge < -0.3 is 5.32 Å². The fourth-order valence-electron chi connectivity index (χ4n) is 2.10. The molecule has 3 rings (SSSR count). The van der Waals surface area contributed by atoms with Crippen molar-refractivity contribution in [2.45, 2.75) is 0 Å². The lowest BCUT2D eigenvalue weighted by molar-refractivity contribution is 0.102. The summed E-state index contributed by atoms with van der Waals surface area (Å²) in [6.07, 6.45) is 0.